The summed E-state index contributed by atoms with van der Waals surface area (Å²) in [6.45, 7) is 7.24. The molecule has 1 aromatic carbocycles. The maximum absolute atomic E-state index is 13.8. The highest BCUT2D eigenvalue weighted by molar-refractivity contribution is 6.62. The van der Waals surface area contributed by atoms with Gasteiger partial charge in [0, 0.05) is 11.0 Å². The van der Waals surface area contributed by atoms with E-state index in [-0.39, 0.29) is 11.0 Å². The van der Waals surface area contributed by atoms with Crippen molar-refractivity contribution in [3.05, 3.63) is 29.3 Å². The number of rotatable bonds is 2. The summed E-state index contributed by atoms with van der Waals surface area (Å²) >= 11 is 0. The lowest BCUT2D eigenvalue weighted by Crippen LogP contribution is -2.41. The van der Waals surface area contributed by atoms with Crippen LogP contribution >= 0.6 is 0 Å². The van der Waals surface area contributed by atoms with Crippen molar-refractivity contribution in [1.82, 2.24) is 0 Å². The van der Waals surface area contributed by atoms with Gasteiger partial charge in [0.15, 0.2) is 11.6 Å². The van der Waals surface area contributed by atoms with E-state index >= 15 is 0 Å². The molecule has 0 aromatic heterocycles. The Balaban J connectivity index is 2.44. The van der Waals surface area contributed by atoms with Crippen LogP contribution in [-0.2, 0) is 9.31 Å². The SMILES string of the molecule is CC1(C)OB(c2cc(C=O)cc(F)c2F)OC1(C)C. The fraction of sp³-hybridized carbons (Fsp3) is 0.462. The summed E-state index contributed by atoms with van der Waals surface area (Å²) in [6.07, 6.45) is 0.456. The summed E-state index contributed by atoms with van der Waals surface area (Å²) in [7, 11) is -1.03. The van der Waals surface area contributed by atoms with E-state index in [9.17, 15) is 13.6 Å². The first kappa shape index (κ1) is 14.2. The van der Waals surface area contributed by atoms with Crippen molar-refractivity contribution < 1.29 is 22.9 Å². The molecule has 0 radical (unpaired) electrons. The molecule has 0 atom stereocenters. The zero-order chi connectivity index (χ0) is 14.4. The first-order chi connectivity index (χ1) is 8.68. The fourth-order valence-corrected chi connectivity index (χ4v) is 1.84. The Labute approximate surface area is 111 Å². The number of carbonyl (C=O) groups is 1. The van der Waals surface area contributed by atoms with Crippen LogP contribution in [0.25, 0.3) is 0 Å². The monoisotopic (exact) mass is 268 g/mol. The highest BCUT2D eigenvalue weighted by Crippen LogP contribution is 2.36. The molecular weight excluding hydrogens is 253 g/mol. The van der Waals surface area contributed by atoms with Crippen molar-refractivity contribution in [2.75, 3.05) is 0 Å². The molecule has 0 amide bonds. The van der Waals surface area contributed by atoms with Gasteiger partial charge >= 0.3 is 7.12 Å². The second-order valence-corrected chi connectivity index (χ2v) is 5.61. The van der Waals surface area contributed by atoms with Gasteiger partial charge in [0.25, 0.3) is 0 Å². The van der Waals surface area contributed by atoms with E-state index in [4.69, 9.17) is 9.31 Å². The molecule has 1 aliphatic rings. The minimum atomic E-state index is -1.09. The van der Waals surface area contributed by atoms with Gasteiger partial charge in [-0.2, -0.15) is 0 Å². The molecule has 0 unspecified atom stereocenters. The van der Waals surface area contributed by atoms with Crippen molar-refractivity contribution in [3.8, 4) is 0 Å². The van der Waals surface area contributed by atoms with Crippen LogP contribution in [0.15, 0.2) is 12.1 Å². The Morgan fingerprint density at radius 1 is 1.11 bits per heavy atom. The molecule has 0 saturated carbocycles. The summed E-state index contributed by atoms with van der Waals surface area (Å²) in [4.78, 5) is 10.7. The number of hydrogen-bond donors (Lipinski definition) is 0. The van der Waals surface area contributed by atoms with Crippen molar-refractivity contribution in [2.24, 2.45) is 0 Å². The van der Waals surface area contributed by atoms with Gasteiger partial charge in [-0.3, -0.25) is 4.79 Å². The van der Waals surface area contributed by atoms with Gasteiger partial charge in [0.2, 0.25) is 0 Å². The van der Waals surface area contributed by atoms with Gasteiger partial charge in [0.05, 0.1) is 11.2 Å². The minimum Gasteiger partial charge on any atom is -0.399 e. The van der Waals surface area contributed by atoms with E-state index in [1.165, 1.54) is 6.07 Å². The number of benzene rings is 1. The highest BCUT2D eigenvalue weighted by Gasteiger charge is 2.52. The Kier molecular flexibility index (Phi) is 3.27. The van der Waals surface area contributed by atoms with E-state index in [1.54, 1.807) is 0 Å². The predicted molar refractivity (Wildman–Crippen MR) is 67.5 cm³/mol. The van der Waals surface area contributed by atoms with Crippen LogP contribution in [0.4, 0.5) is 8.78 Å². The van der Waals surface area contributed by atoms with E-state index in [0.717, 1.165) is 6.07 Å². The van der Waals surface area contributed by atoms with Crippen LogP contribution in [0.5, 0.6) is 0 Å². The summed E-state index contributed by atoms with van der Waals surface area (Å²) in [5.74, 6) is -2.14. The average Bonchev–Trinajstić information content (AvgIpc) is 2.51. The lowest BCUT2D eigenvalue weighted by Gasteiger charge is -2.32. The molecule has 19 heavy (non-hydrogen) atoms. The van der Waals surface area contributed by atoms with Gasteiger partial charge < -0.3 is 9.31 Å². The third kappa shape index (κ3) is 2.30. The lowest BCUT2D eigenvalue weighted by atomic mass is 9.78. The zero-order valence-electron chi connectivity index (χ0n) is 11.3. The molecule has 1 aromatic rings. The number of hydrogen-bond acceptors (Lipinski definition) is 3. The predicted octanol–water partition coefficient (Wildman–Crippen LogP) is 2.08. The second kappa shape index (κ2) is 4.39. The first-order valence-electron chi connectivity index (χ1n) is 5.98. The lowest BCUT2D eigenvalue weighted by molar-refractivity contribution is 0.00578. The topological polar surface area (TPSA) is 35.5 Å². The molecule has 0 bridgehead atoms. The van der Waals surface area contributed by atoms with E-state index in [0.29, 0.717) is 6.29 Å². The molecule has 1 heterocycles. The quantitative estimate of drug-likeness (QED) is 0.608. The largest absolute Gasteiger partial charge is 0.497 e. The molecular formula is C13H15BF2O3. The van der Waals surface area contributed by atoms with Crippen molar-refractivity contribution in [2.45, 2.75) is 38.9 Å². The van der Waals surface area contributed by atoms with E-state index < -0.39 is 30.0 Å². The number of aldehydes is 1. The molecule has 0 spiro atoms. The molecule has 1 fully saturated rings. The third-order valence-electron chi connectivity index (χ3n) is 3.72. The van der Waals surface area contributed by atoms with Gasteiger partial charge in [-0.05, 0) is 39.8 Å². The summed E-state index contributed by atoms with van der Waals surface area (Å²) in [6, 6.07) is 2.09. The summed E-state index contributed by atoms with van der Waals surface area (Å²) in [5.41, 5.74) is -1.36. The molecule has 102 valence electrons. The van der Waals surface area contributed by atoms with Crippen LogP contribution < -0.4 is 5.46 Å². The molecule has 3 nitrogen and oxygen atoms in total. The number of halogens is 2. The van der Waals surface area contributed by atoms with Gasteiger partial charge in [-0.25, -0.2) is 8.78 Å². The van der Waals surface area contributed by atoms with Crippen molar-refractivity contribution in [3.63, 3.8) is 0 Å². The van der Waals surface area contributed by atoms with Crippen LogP contribution in [-0.4, -0.2) is 24.6 Å². The van der Waals surface area contributed by atoms with E-state index in [1.807, 2.05) is 27.7 Å². The minimum absolute atomic E-state index is 0.0450. The Hall–Kier alpha value is -1.27. The maximum Gasteiger partial charge on any atom is 0.497 e. The highest BCUT2D eigenvalue weighted by atomic mass is 19.2. The van der Waals surface area contributed by atoms with Crippen molar-refractivity contribution in [1.29, 1.82) is 0 Å². The third-order valence-corrected chi connectivity index (χ3v) is 3.72. The summed E-state index contributed by atoms with van der Waals surface area (Å²) in [5, 5.41) is 0. The Morgan fingerprint density at radius 2 is 1.63 bits per heavy atom. The molecule has 1 saturated heterocycles. The van der Waals surface area contributed by atoms with Crippen molar-refractivity contribution >= 4 is 18.9 Å². The molecule has 6 heteroatoms. The maximum atomic E-state index is 13.8. The normalized spacial score (nSPS) is 20.6. The summed E-state index contributed by atoms with van der Waals surface area (Å²) < 4.78 is 38.5. The zero-order valence-corrected chi connectivity index (χ0v) is 11.3. The Bertz CT molecular complexity index is 513. The van der Waals surface area contributed by atoms with E-state index in [2.05, 4.69) is 0 Å². The molecule has 0 aliphatic carbocycles. The average molecular weight is 268 g/mol. The van der Waals surface area contributed by atoms with Crippen LogP contribution in [0.1, 0.15) is 38.1 Å². The van der Waals surface area contributed by atoms with Crippen LogP contribution in [0.2, 0.25) is 0 Å². The smallest absolute Gasteiger partial charge is 0.399 e. The number of carbonyl (C=O) groups excluding carboxylic acids is 1. The molecule has 0 N–H and O–H groups in total. The molecule has 2 rings (SSSR count). The molecule has 1 aliphatic heterocycles. The second-order valence-electron chi connectivity index (χ2n) is 5.61. The first-order valence-corrected chi connectivity index (χ1v) is 5.98. The van der Waals surface area contributed by atoms with Crippen LogP contribution in [0.3, 0.4) is 0 Å². The van der Waals surface area contributed by atoms with Gasteiger partial charge in [0.1, 0.15) is 6.29 Å². The standard InChI is InChI=1S/C13H15BF2O3/c1-12(2)13(3,4)19-14(18-12)9-5-8(7-17)6-10(15)11(9)16/h5-7H,1-4H3. The van der Waals surface area contributed by atoms with Gasteiger partial charge in [-0.1, -0.05) is 0 Å². The van der Waals surface area contributed by atoms with Crippen LogP contribution in [0, 0.1) is 11.6 Å². The Morgan fingerprint density at radius 3 is 2.11 bits per heavy atom. The van der Waals surface area contributed by atoms with Gasteiger partial charge in [-0.15, -0.1) is 0 Å². The fourth-order valence-electron chi connectivity index (χ4n) is 1.84.